The molecule has 1 heterocycles. The van der Waals surface area contributed by atoms with Crippen LogP contribution in [0.15, 0.2) is 67.3 Å². The summed E-state index contributed by atoms with van der Waals surface area (Å²) in [4.78, 5) is 16.2. The largest absolute Gasteiger partial charge is 0.334 e. The van der Waals surface area contributed by atoms with Gasteiger partial charge in [-0.15, -0.1) is 0 Å². The predicted molar refractivity (Wildman–Crippen MR) is 109 cm³/mol. The van der Waals surface area contributed by atoms with Gasteiger partial charge in [0.15, 0.2) is 9.84 Å². The number of sulfone groups is 1. The summed E-state index contributed by atoms with van der Waals surface area (Å²) >= 11 is 0. The van der Waals surface area contributed by atoms with E-state index >= 15 is 0 Å². The summed E-state index contributed by atoms with van der Waals surface area (Å²) in [6.45, 7) is 1.10. The number of urea groups is 1. The molecular formula is C20H22N4O3S. The summed E-state index contributed by atoms with van der Waals surface area (Å²) in [5.41, 5.74) is 3.28. The molecule has 146 valence electrons. The molecule has 0 saturated carbocycles. The molecule has 2 N–H and O–H groups in total. The molecule has 1 aromatic heterocycles. The molecule has 2 amide bonds. The van der Waals surface area contributed by atoms with E-state index < -0.39 is 9.84 Å². The molecule has 0 aliphatic carbocycles. The van der Waals surface area contributed by atoms with Gasteiger partial charge >= 0.3 is 6.03 Å². The van der Waals surface area contributed by atoms with Crippen molar-refractivity contribution in [1.82, 2.24) is 14.9 Å². The van der Waals surface area contributed by atoms with Crippen molar-refractivity contribution in [3.8, 4) is 0 Å². The van der Waals surface area contributed by atoms with Gasteiger partial charge in [0.05, 0.1) is 12.1 Å². The number of aromatic nitrogens is 2. The maximum atomic E-state index is 12.2. The molecule has 0 radical (unpaired) electrons. The third kappa shape index (κ3) is 6.24. The van der Waals surface area contributed by atoms with E-state index in [4.69, 9.17) is 0 Å². The predicted octanol–water partition coefficient (Wildman–Crippen LogP) is 2.80. The average molecular weight is 398 g/mol. The highest BCUT2D eigenvalue weighted by atomic mass is 32.2. The molecule has 0 fully saturated rings. The van der Waals surface area contributed by atoms with E-state index in [2.05, 4.69) is 15.6 Å². The zero-order valence-electron chi connectivity index (χ0n) is 15.5. The number of hydrogen-bond donors (Lipinski definition) is 2. The van der Waals surface area contributed by atoms with Crippen molar-refractivity contribution >= 4 is 21.6 Å². The van der Waals surface area contributed by atoms with Crippen molar-refractivity contribution in [1.29, 1.82) is 0 Å². The van der Waals surface area contributed by atoms with Crippen molar-refractivity contribution in [3.63, 3.8) is 0 Å². The lowest BCUT2D eigenvalue weighted by Crippen LogP contribution is -2.28. The number of amides is 2. The molecule has 0 aliphatic rings. The Labute approximate surface area is 164 Å². The van der Waals surface area contributed by atoms with Crippen molar-refractivity contribution in [2.24, 2.45) is 0 Å². The van der Waals surface area contributed by atoms with Gasteiger partial charge in [0.25, 0.3) is 0 Å². The van der Waals surface area contributed by atoms with Crippen molar-refractivity contribution in [2.45, 2.75) is 18.8 Å². The second kappa shape index (κ2) is 8.71. The standard InChI is InChI=1S/C20H22N4O3S/c1-28(26,27)14-18-6-3-7-19(11-18)23-20(25)22-12-16-4-2-5-17(10-16)13-24-9-8-21-15-24/h2-11,15H,12-14H2,1H3,(H2,22,23,25). The third-order valence-corrected chi connectivity index (χ3v) is 4.84. The Balaban J connectivity index is 1.55. The minimum atomic E-state index is -3.13. The summed E-state index contributed by atoms with van der Waals surface area (Å²) in [7, 11) is -3.13. The molecule has 3 aromatic rings. The van der Waals surface area contributed by atoms with Crippen LogP contribution in [0.5, 0.6) is 0 Å². The number of imidazole rings is 1. The molecule has 0 bridgehead atoms. The van der Waals surface area contributed by atoms with E-state index in [9.17, 15) is 13.2 Å². The number of carbonyl (C=O) groups is 1. The normalized spacial score (nSPS) is 11.2. The van der Waals surface area contributed by atoms with Crippen LogP contribution in [0.3, 0.4) is 0 Å². The number of rotatable bonds is 7. The molecule has 0 unspecified atom stereocenters. The van der Waals surface area contributed by atoms with Gasteiger partial charge < -0.3 is 15.2 Å². The topological polar surface area (TPSA) is 93.1 Å². The van der Waals surface area contributed by atoms with Gasteiger partial charge in [-0.1, -0.05) is 36.4 Å². The van der Waals surface area contributed by atoms with E-state index in [1.807, 2.05) is 35.0 Å². The van der Waals surface area contributed by atoms with Gasteiger partial charge in [-0.2, -0.15) is 0 Å². The van der Waals surface area contributed by atoms with Gasteiger partial charge in [0.1, 0.15) is 0 Å². The van der Waals surface area contributed by atoms with Crippen LogP contribution in [-0.4, -0.2) is 30.3 Å². The van der Waals surface area contributed by atoms with Gasteiger partial charge in [-0.3, -0.25) is 0 Å². The Kier molecular flexibility index (Phi) is 6.10. The zero-order valence-corrected chi connectivity index (χ0v) is 16.3. The number of benzene rings is 2. The highest BCUT2D eigenvalue weighted by Gasteiger charge is 2.07. The Hall–Kier alpha value is -3.13. The van der Waals surface area contributed by atoms with E-state index in [1.165, 1.54) is 6.26 Å². The van der Waals surface area contributed by atoms with Crippen LogP contribution in [0, 0.1) is 0 Å². The van der Waals surface area contributed by atoms with Crippen LogP contribution in [-0.2, 0) is 28.7 Å². The first-order chi connectivity index (χ1) is 13.4. The Morgan fingerprint density at radius 2 is 1.82 bits per heavy atom. The lowest BCUT2D eigenvalue weighted by molar-refractivity contribution is 0.251. The fourth-order valence-corrected chi connectivity index (χ4v) is 3.61. The molecule has 2 aromatic carbocycles. The van der Waals surface area contributed by atoms with Gasteiger partial charge in [-0.25, -0.2) is 18.2 Å². The lowest BCUT2D eigenvalue weighted by atomic mass is 10.1. The third-order valence-electron chi connectivity index (χ3n) is 3.98. The van der Waals surface area contributed by atoms with Gasteiger partial charge in [0.2, 0.25) is 0 Å². The minimum Gasteiger partial charge on any atom is -0.334 e. The SMILES string of the molecule is CS(=O)(=O)Cc1cccc(NC(=O)NCc2cccc(Cn3ccnc3)c2)c1. The number of carbonyl (C=O) groups excluding carboxylic acids is 1. The molecule has 0 atom stereocenters. The summed E-state index contributed by atoms with van der Waals surface area (Å²) in [5, 5.41) is 5.55. The molecule has 3 rings (SSSR count). The Bertz CT molecular complexity index is 1050. The summed E-state index contributed by atoms with van der Waals surface area (Å²) in [6.07, 6.45) is 6.58. The van der Waals surface area contributed by atoms with Crippen molar-refractivity contribution in [2.75, 3.05) is 11.6 Å². The second-order valence-corrected chi connectivity index (χ2v) is 8.77. The summed E-state index contributed by atoms with van der Waals surface area (Å²) in [5.74, 6) is -0.0617. The first-order valence-electron chi connectivity index (χ1n) is 8.72. The molecular weight excluding hydrogens is 376 g/mol. The van der Waals surface area contributed by atoms with Gasteiger partial charge in [0, 0.05) is 37.4 Å². The smallest absolute Gasteiger partial charge is 0.319 e. The van der Waals surface area contributed by atoms with E-state index in [0.29, 0.717) is 24.3 Å². The Morgan fingerprint density at radius 3 is 2.57 bits per heavy atom. The second-order valence-electron chi connectivity index (χ2n) is 6.63. The monoisotopic (exact) mass is 398 g/mol. The number of anilines is 1. The zero-order chi connectivity index (χ0) is 20.0. The van der Waals surface area contributed by atoms with Crippen LogP contribution in [0.2, 0.25) is 0 Å². The Morgan fingerprint density at radius 1 is 1.07 bits per heavy atom. The lowest BCUT2D eigenvalue weighted by Gasteiger charge is -2.10. The molecule has 0 aliphatic heterocycles. The molecule has 8 heteroatoms. The summed E-state index contributed by atoms with van der Waals surface area (Å²) in [6, 6.07) is 14.4. The molecule has 7 nitrogen and oxygen atoms in total. The van der Waals surface area contributed by atoms with Crippen LogP contribution in [0.25, 0.3) is 0 Å². The van der Waals surface area contributed by atoms with Crippen LogP contribution >= 0.6 is 0 Å². The van der Waals surface area contributed by atoms with E-state index in [0.717, 1.165) is 11.1 Å². The first kappa shape index (κ1) is 19.6. The van der Waals surface area contributed by atoms with Crippen LogP contribution in [0.1, 0.15) is 16.7 Å². The van der Waals surface area contributed by atoms with E-state index in [1.54, 1.807) is 36.8 Å². The number of nitrogens with one attached hydrogen (secondary N) is 2. The maximum absolute atomic E-state index is 12.2. The molecule has 0 spiro atoms. The van der Waals surface area contributed by atoms with Crippen LogP contribution in [0.4, 0.5) is 10.5 Å². The fourth-order valence-electron chi connectivity index (χ4n) is 2.83. The highest BCUT2D eigenvalue weighted by Crippen LogP contribution is 2.13. The van der Waals surface area contributed by atoms with E-state index in [-0.39, 0.29) is 11.8 Å². The molecule has 28 heavy (non-hydrogen) atoms. The number of hydrogen-bond acceptors (Lipinski definition) is 4. The fraction of sp³-hybridized carbons (Fsp3) is 0.200. The quantitative estimate of drug-likeness (QED) is 0.640. The average Bonchev–Trinajstić information content (AvgIpc) is 3.12. The highest BCUT2D eigenvalue weighted by molar-refractivity contribution is 7.89. The van der Waals surface area contributed by atoms with Crippen molar-refractivity contribution < 1.29 is 13.2 Å². The first-order valence-corrected chi connectivity index (χ1v) is 10.8. The maximum Gasteiger partial charge on any atom is 0.319 e. The van der Waals surface area contributed by atoms with Crippen molar-refractivity contribution in [3.05, 3.63) is 83.9 Å². The minimum absolute atomic E-state index is 0.0617. The summed E-state index contributed by atoms with van der Waals surface area (Å²) < 4.78 is 24.8. The number of nitrogens with zero attached hydrogens (tertiary/aromatic N) is 2. The molecule has 0 saturated heterocycles. The van der Waals surface area contributed by atoms with Crippen LogP contribution < -0.4 is 10.6 Å². The van der Waals surface area contributed by atoms with Gasteiger partial charge in [-0.05, 0) is 28.8 Å².